The molecule has 0 fully saturated rings. The predicted octanol–water partition coefficient (Wildman–Crippen LogP) is 13.5. The van der Waals surface area contributed by atoms with Crippen LogP contribution < -0.4 is 0 Å². The average molecular weight is 756 g/mol. The van der Waals surface area contributed by atoms with Crippen molar-refractivity contribution in [2.75, 3.05) is 0 Å². The van der Waals surface area contributed by atoms with Crippen LogP contribution >= 0.6 is 0 Å². The minimum Gasteiger partial charge on any atom is -0.309 e. The highest BCUT2D eigenvalue weighted by atomic mass is 15.1. The number of imidazole rings is 1. The molecule has 0 aliphatic carbocycles. The third kappa shape index (κ3) is 6.49. The van der Waals surface area contributed by atoms with Gasteiger partial charge in [0.2, 0.25) is 0 Å². The van der Waals surface area contributed by atoms with E-state index in [0.29, 0.717) is 5.82 Å². The number of rotatable bonds is 7. The van der Waals surface area contributed by atoms with E-state index in [1.165, 1.54) is 11.1 Å². The van der Waals surface area contributed by atoms with Gasteiger partial charge in [-0.25, -0.2) is 19.9 Å². The van der Waals surface area contributed by atoms with E-state index >= 15 is 0 Å². The van der Waals surface area contributed by atoms with Crippen molar-refractivity contribution in [3.63, 3.8) is 0 Å². The summed E-state index contributed by atoms with van der Waals surface area (Å²) in [6.07, 6.45) is 5.28. The molecule has 0 saturated carbocycles. The monoisotopic (exact) mass is 755 g/mol. The minimum atomic E-state index is 0.675. The number of aromatic nitrogens is 5. The summed E-state index contributed by atoms with van der Waals surface area (Å²) in [7, 11) is 0. The molecule has 0 atom stereocenters. The van der Waals surface area contributed by atoms with E-state index in [0.717, 1.165) is 102 Å². The van der Waals surface area contributed by atoms with Gasteiger partial charge >= 0.3 is 0 Å². The quantitative estimate of drug-likeness (QED) is 0.163. The fourth-order valence-electron chi connectivity index (χ4n) is 8.29. The van der Waals surface area contributed by atoms with E-state index in [9.17, 15) is 0 Å². The molecule has 1 aliphatic rings. The van der Waals surface area contributed by atoms with E-state index in [2.05, 4.69) is 193 Å². The molecule has 11 rings (SSSR count). The molecular formula is C54H37N5. The largest absolute Gasteiger partial charge is 0.309 e. The van der Waals surface area contributed by atoms with Gasteiger partial charge in [-0.15, -0.1) is 0 Å². The summed E-state index contributed by atoms with van der Waals surface area (Å²) < 4.78 is 2.24. The van der Waals surface area contributed by atoms with Crippen molar-refractivity contribution >= 4 is 28.0 Å². The molecule has 3 aromatic heterocycles. The van der Waals surface area contributed by atoms with Crippen LogP contribution in [0.15, 0.2) is 194 Å². The van der Waals surface area contributed by atoms with Gasteiger partial charge in [0.15, 0.2) is 11.5 Å². The lowest BCUT2D eigenvalue weighted by atomic mass is 9.98. The Morgan fingerprint density at radius 1 is 0.373 bits per heavy atom. The van der Waals surface area contributed by atoms with Gasteiger partial charge in [0.1, 0.15) is 11.3 Å². The average Bonchev–Trinajstić information content (AvgIpc) is 3.71. The van der Waals surface area contributed by atoms with E-state index in [1.54, 1.807) is 0 Å². The summed E-state index contributed by atoms with van der Waals surface area (Å²) in [5.74, 6) is 1.65. The lowest BCUT2D eigenvalue weighted by molar-refractivity contribution is 0.704. The summed E-state index contributed by atoms with van der Waals surface area (Å²) in [6.45, 7) is 0.886. The molecule has 0 N–H and O–H groups in total. The van der Waals surface area contributed by atoms with Crippen molar-refractivity contribution in [1.82, 2.24) is 24.5 Å². The standard InChI is InChI=1S/C54H37N5/c1-3-14-36(15-4-1)40-18-11-21-43(32-40)48-35-49(44-22-12-19-41(33-44)37-16-5-2-6-17-37)56-53(55-48)45-23-13-20-42(34-45)38-27-29-39(30-28-38)51-46-24-7-8-25-47(46)52-54(58-51)59-31-10-9-26-50(59)57-52/h1-9,11-30,32-35H,10,31H2. The zero-order chi connectivity index (χ0) is 39.1. The molecule has 1 aliphatic heterocycles. The smallest absolute Gasteiger partial charge is 0.161 e. The first-order valence-corrected chi connectivity index (χ1v) is 20.1. The van der Waals surface area contributed by atoms with Crippen LogP contribution in [0.5, 0.6) is 0 Å². The third-order valence-corrected chi connectivity index (χ3v) is 11.3. The van der Waals surface area contributed by atoms with E-state index in [1.807, 2.05) is 12.1 Å². The number of pyridine rings is 1. The molecule has 4 heterocycles. The van der Waals surface area contributed by atoms with E-state index in [-0.39, 0.29) is 0 Å². The number of nitrogens with zero attached hydrogens (tertiary/aromatic N) is 5. The van der Waals surface area contributed by atoms with Crippen LogP contribution in [0.4, 0.5) is 0 Å². The molecule has 5 nitrogen and oxygen atoms in total. The summed E-state index contributed by atoms with van der Waals surface area (Å²) in [4.78, 5) is 20.8. The summed E-state index contributed by atoms with van der Waals surface area (Å²) >= 11 is 0. The van der Waals surface area contributed by atoms with Crippen molar-refractivity contribution in [3.8, 4) is 78.5 Å². The van der Waals surface area contributed by atoms with Gasteiger partial charge in [0.25, 0.3) is 0 Å². The van der Waals surface area contributed by atoms with Crippen LogP contribution in [0.2, 0.25) is 0 Å². The Kier molecular flexibility index (Phi) is 8.55. The number of benzene rings is 7. The number of aryl methyl sites for hydroxylation is 1. The van der Waals surface area contributed by atoms with Gasteiger partial charge in [-0.3, -0.25) is 0 Å². The van der Waals surface area contributed by atoms with Gasteiger partial charge in [-0.1, -0.05) is 170 Å². The fraction of sp³-hybridized carbons (Fsp3) is 0.0370. The Hall–Kier alpha value is -7.76. The summed E-state index contributed by atoms with van der Waals surface area (Å²) in [6, 6.07) is 66.1. The minimum absolute atomic E-state index is 0.675. The molecular weight excluding hydrogens is 719 g/mol. The van der Waals surface area contributed by atoms with Crippen molar-refractivity contribution in [3.05, 3.63) is 200 Å². The number of hydrogen-bond donors (Lipinski definition) is 0. The zero-order valence-electron chi connectivity index (χ0n) is 32.2. The molecule has 0 unspecified atom stereocenters. The Balaban J connectivity index is 0.991. The topological polar surface area (TPSA) is 56.5 Å². The molecule has 0 amide bonds. The fourth-order valence-corrected chi connectivity index (χ4v) is 8.29. The first kappa shape index (κ1) is 34.5. The SMILES string of the molecule is C1=Cc2nc3c4ccccc4c(-c4ccc(-c5cccc(-c6nc(-c7cccc(-c8ccccc8)c7)cc(-c7cccc(-c8ccccc8)c7)n6)c5)cc4)nc3n2CC1. The van der Waals surface area contributed by atoms with Crippen LogP contribution in [-0.4, -0.2) is 24.5 Å². The van der Waals surface area contributed by atoms with Crippen LogP contribution in [-0.2, 0) is 6.54 Å². The molecule has 10 aromatic rings. The number of fused-ring (bicyclic) bond motifs is 5. The molecule has 278 valence electrons. The molecule has 7 aromatic carbocycles. The normalized spacial score (nSPS) is 12.2. The highest BCUT2D eigenvalue weighted by molar-refractivity contribution is 6.09. The van der Waals surface area contributed by atoms with Crippen LogP contribution in [0, 0.1) is 0 Å². The second kappa shape index (κ2) is 14.6. The lowest BCUT2D eigenvalue weighted by Gasteiger charge is -2.13. The van der Waals surface area contributed by atoms with Gasteiger partial charge in [0, 0.05) is 39.6 Å². The zero-order valence-corrected chi connectivity index (χ0v) is 32.2. The van der Waals surface area contributed by atoms with E-state index in [4.69, 9.17) is 19.9 Å². The molecule has 0 saturated heterocycles. The third-order valence-electron chi connectivity index (χ3n) is 11.3. The predicted molar refractivity (Wildman–Crippen MR) is 242 cm³/mol. The maximum absolute atomic E-state index is 5.26. The van der Waals surface area contributed by atoms with Crippen molar-refractivity contribution in [2.45, 2.75) is 13.0 Å². The Morgan fingerprint density at radius 2 is 0.864 bits per heavy atom. The summed E-state index contributed by atoms with van der Waals surface area (Å²) in [5, 5.41) is 2.23. The molecule has 0 radical (unpaired) electrons. The molecule has 5 heteroatoms. The Bertz CT molecular complexity index is 3100. The van der Waals surface area contributed by atoms with Gasteiger partial charge in [-0.2, -0.15) is 0 Å². The van der Waals surface area contributed by atoms with Crippen molar-refractivity contribution in [1.29, 1.82) is 0 Å². The second-order valence-electron chi connectivity index (χ2n) is 15.0. The lowest BCUT2D eigenvalue weighted by Crippen LogP contribution is -2.04. The molecule has 59 heavy (non-hydrogen) atoms. The first-order chi connectivity index (χ1) is 29.2. The molecule has 0 spiro atoms. The van der Waals surface area contributed by atoms with Gasteiger partial charge in [-0.05, 0) is 70.1 Å². The summed E-state index contributed by atoms with van der Waals surface area (Å²) in [5.41, 5.74) is 15.5. The van der Waals surface area contributed by atoms with E-state index < -0.39 is 0 Å². The maximum atomic E-state index is 5.26. The Labute approximate surface area is 342 Å². The van der Waals surface area contributed by atoms with Gasteiger partial charge in [0.05, 0.1) is 17.1 Å². The van der Waals surface area contributed by atoms with Crippen LogP contribution in [0.3, 0.4) is 0 Å². The maximum Gasteiger partial charge on any atom is 0.161 e. The number of allylic oxidation sites excluding steroid dienone is 1. The highest BCUT2D eigenvalue weighted by Gasteiger charge is 2.19. The second-order valence-corrected chi connectivity index (χ2v) is 15.0. The van der Waals surface area contributed by atoms with Gasteiger partial charge < -0.3 is 4.57 Å². The number of hydrogen-bond acceptors (Lipinski definition) is 4. The highest BCUT2D eigenvalue weighted by Crippen LogP contribution is 2.36. The Morgan fingerprint density at radius 3 is 1.49 bits per heavy atom. The molecule has 0 bridgehead atoms. The van der Waals surface area contributed by atoms with Crippen LogP contribution in [0.1, 0.15) is 12.2 Å². The van der Waals surface area contributed by atoms with Crippen molar-refractivity contribution < 1.29 is 0 Å². The first-order valence-electron chi connectivity index (χ1n) is 20.1. The van der Waals surface area contributed by atoms with Crippen LogP contribution in [0.25, 0.3) is 107 Å². The van der Waals surface area contributed by atoms with Crippen molar-refractivity contribution in [2.24, 2.45) is 0 Å².